The lowest BCUT2D eigenvalue weighted by Crippen LogP contribution is -2.06. The third kappa shape index (κ3) is 2.16. The summed E-state index contributed by atoms with van der Waals surface area (Å²) in [4.78, 5) is 1.45. The highest BCUT2D eigenvalue weighted by Gasteiger charge is 2.38. The normalized spacial score (nSPS) is 13.4. The number of H-pyrrole nitrogens is 1. The van der Waals surface area contributed by atoms with E-state index >= 15 is 0 Å². The minimum absolute atomic E-state index is 0.225. The van der Waals surface area contributed by atoms with Crippen molar-refractivity contribution in [3.05, 3.63) is 23.5 Å². The van der Waals surface area contributed by atoms with Gasteiger partial charge in [0.2, 0.25) is 0 Å². The van der Waals surface area contributed by atoms with E-state index in [1.165, 1.54) is 11.1 Å². The van der Waals surface area contributed by atoms with Gasteiger partial charge in [0.05, 0.1) is 5.56 Å². The van der Waals surface area contributed by atoms with Crippen LogP contribution in [0.5, 0.6) is 0 Å². The SMILES string of the molecule is FC(F)(F)c1[c]c(C(F)(F)F)[nH]c1. The highest BCUT2D eigenvalue weighted by atomic mass is 19.4. The summed E-state index contributed by atoms with van der Waals surface area (Å²) in [6, 6.07) is 1.19. The molecule has 0 atom stereocenters. The van der Waals surface area contributed by atoms with Gasteiger partial charge in [-0.25, -0.2) is 0 Å². The van der Waals surface area contributed by atoms with Crippen molar-refractivity contribution in [2.24, 2.45) is 0 Å². The molecule has 0 aliphatic heterocycles. The fourth-order valence-electron chi connectivity index (χ4n) is 0.657. The molecule has 1 aromatic rings. The van der Waals surface area contributed by atoms with Crippen molar-refractivity contribution in [2.45, 2.75) is 12.4 Å². The fraction of sp³-hybridized carbons (Fsp3) is 0.333. The Hall–Kier alpha value is -1.14. The molecule has 0 bridgehead atoms. The van der Waals surface area contributed by atoms with E-state index in [0.717, 1.165) is 0 Å². The Bertz CT molecular complexity index is 264. The van der Waals surface area contributed by atoms with Gasteiger partial charge in [-0.15, -0.1) is 0 Å². The number of aromatic nitrogens is 1. The lowest BCUT2D eigenvalue weighted by Gasteiger charge is -2.02. The lowest BCUT2D eigenvalue weighted by atomic mass is 10.3. The molecule has 0 spiro atoms. The first kappa shape index (κ1) is 9.94. The van der Waals surface area contributed by atoms with Gasteiger partial charge in [-0.2, -0.15) is 26.3 Å². The highest BCUT2D eigenvalue weighted by Crippen LogP contribution is 2.34. The summed E-state index contributed by atoms with van der Waals surface area (Å²) < 4.78 is 70.6. The second-order valence-electron chi connectivity index (χ2n) is 2.20. The van der Waals surface area contributed by atoms with E-state index in [-0.39, 0.29) is 6.20 Å². The van der Waals surface area contributed by atoms with Gasteiger partial charge in [0.1, 0.15) is 5.69 Å². The fourth-order valence-corrected chi connectivity index (χ4v) is 0.657. The van der Waals surface area contributed by atoms with Crippen molar-refractivity contribution in [3.8, 4) is 0 Å². The first-order valence-corrected chi connectivity index (χ1v) is 2.96. The van der Waals surface area contributed by atoms with Gasteiger partial charge in [-0.3, -0.25) is 0 Å². The average molecular weight is 202 g/mol. The monoisotopic (exact) mass is 202 g/mol. The number of aromatic amines is 1. The molecule has 7 heteroatoms. The quantitative estimate of drug-likeness (QED) is 0.622. The molecule has 0 unspecified atom stereocenters. The van der Waals surface area contributed by atoms with Crippen molar-refractivity contribution >= 4 is 0 Å². The number of hydrogen-bond donors (Lipinski definition) is 1. The Morgan fingerprint density at radius 3 is 1.77 bits per heavy atom. The van der Waals surface area contributed by atoms with Crippen molar-refractivity contribution in [1.82, 2.24) is 4.98 Å². The van der Waals surface area contributed by atoms with E-state index in [0.29, 0.717) is 0 Å². The topological polar surface area (TPSA) is 15.8 Å². The third-order valence-corrected chi connectivity index (χ3v) is 1.21. The zero-order chi connectivity index (χ0) is 10.3. The second kappa shape index (κ2) is 2.68. The number of halogens is 6. The van der Waals surface area contributed by atoms with Crippen molar-refractivity contribution < 1.29 is 26.3 Å². The minimum atomic E-state index is -4.83. The largest absolute Gasteiger partial charge is 0.431 e. The molecule has 1 radical (unpaired) electrons. The standard InChI is InChI=1S/C6H2F6N/c7-5(8,9)3-1-4(13-2-3)6(10,11)12/h2,13H. The van der Waals surface area contributed by atoms with Gasteiger partial charge < -0.3 is 4.98 Å². The van der Waals surface area contributed by atoms with Gasteiger partial charge >= 0.3 is 12.4 Å². The molecule has 0 aliphatic rings. The smallest absolute Gasteiger partial charge is 0.357 e. The predicted octanol–water partition coefficient (Wildman–Crippen LogP) is 2.85. The molecule has 13 heavy (non-hydrogen) atoms. The number of rotatable bonds is 0. The maximum Gasteiger partial charge on any atom is 0.431 e. The molecule has 73 valence electrons. The van der Waals surface area contributed by atoms with Crippen LogP contribution in [0.1, 0.15) is 11.3 Å². The van der Waals surface area contributed by atoms with Crippen LogP contribution < -0.4 is 0 Å². The molecule has 0 saturated heterocycles. The van der Waals surface area contributed by atoms with Gasteiger partial charge in [0.25, 0.3) is 0 Å². The number of hydrogen-bond acceptors (Lipinski definition) is 0. The zero-order valence-electron chi connectivity index (χ0n) is 5.85. The van der Waals surface area contributed by atoms with E-state index in [4.69, 9.17) is 0 Å². The molecular formula is C6H2F6N. The lowest BCUT2D eigenvalue weighted by molar-refractivity contribution is -0.142. The number of nitrogens with one attached hydrogen (secondary N) is 1. The molecule has 0 saturated carbocycles. The average Bonchev–Trinajstić information content (AvgIpc) is 2.28. The molecule has 0 amide bonds. The Morgan fingerprint density at radius 1 is 1.00 bits per heavy atom. The maximum absolute atomic E-state index is 11.8. The Balaban J connectivity index is 3.01. The van der Waals surface area contributed by atoms with E-state index in [9.17, 15) is 26.3 Å². The maximum atomic E-state index is 11.8. The van der Waals surface area contributed by atoms with Crippen LogP contribution in [0.15, 0.2) is 6.20 Å². The van der Waals surface area contributed by atoms with Crippen LogP contribution in [-0.2, 0) is 12.4 Å². The van der Waals surface area contributed by atoms with E-state index in [1.807, 2.05) is 0 Å². The number of alkyl halides is 6. The summed E-state index contributed by atoms with van der Waals surface area (Å²) in [5, 5.41) is 0. The Kier molecular flexibility index (Phi) is 2.05. The minimum Gasteiger partial charge on any atom is -0.357 e. The van der Waals surface area contributed by atoms with Crippen LogP contribution in [0.2, 0.25) is 0 Å². The molecule has 1 aromatic heterocycles. The Labute approximate surface area is 68.4 Å². The second-order valence-corrected chi connectivity index (χ2v) is 2.20. The van der Waals surface area contributed by atoms with Crippen molar-refractivity contribution in [2.75, 3.05) is 0 Å². The summed E-state index contributed by atoms with van der Waals surface area (Å²) in [6.45, 7) is 0. The molecule has 1 nitrogen and oxygen atoms in total. The van der Waals surface area contributed by atoms with Gasteiger partial charge in [-0.1, -0.05) is 0 Å². The molecule has 1 rings (SSSR count). The first-order valence-electron chi connectivity index (χ1n) is 2.96. The van der Waals surface area contributed by atoms with Crippen molar-refractivity contribution in [3.63, 3.8) is 0 Å². The summed E-state index contributed by atoms with van der Waals surface area (Å²) in [7, 11) is 0. The van der Waals surface area contributed by atoms with Gasteiger partial charge in [0, 0.05) is 12.3 Å². The molecular weight excluding hydrogens is 200 g/mol. The highest BCUT2D eigenvalue weighted by molar-refractivity contribution is 5.19. The Morgan fingerprint density at radius 2 is 1.54 bits per heavy atom. The van der Waals surface area contributed by atoms with Crippen LogP contribution >= 0.6 is 0 Å². The van der Waals surface area contributed by atoms with E-state index in [1.54, 1.807) is 0 Å². The summed E-state index contributed by atoms with van der Waals surface area (Å²) in [5.41, 5.74) is -2.99. The van der Waals surface area contributed by atoms with Crippen LogP contribution in [0.3, 0.4) is 0 Å². The summed E-state index contributed by atoms with van der Waals surface area (Å²) in [5.74, 6) is 0. The predicted molar refractivity (Wildman–Crippen MR) is 29.6 cm³/mol. The molecule has 1 N–H and O–H groups in total. The van der Waals surface area contributed by atoms with Crippen LogP contribution in [0, 0.1) is 6.07 Å². The first-order chi connectivity index (χ1) is 5.71. The van der Waals surface area contributed by atoms with Crippen molar-refractivity contribution in [1.29, 1.82) is 0 Å². The van der Waals surface area contributed by atoms with E-state index < -0.39 is 23.6 Å². The van der Waals surface area contributed by atoms with Crippen LogP contribution in [0.4, 0.5) is 26.3 Å². The van der Waals surface area contributed by atoms with Gasteiger partial charge in [-0.05, 0) is 0 Å². The summed E-state index contributed by atoms with van der Waals surface area (Å²) in [6.07, 6.45) is -9.41. The summed E-state index contributed by atoms with van der Waals surface area (Å²) >= 11 is 0. The third-order valence-electron chi connectivity index (χ3n) is 1.21. The van der Waals surface area contributed by atoms with Gasteiger partial charge in [0.15, 0.2) is 0 Å². The van der Waals surface area contributed by atoms with E-state index in [2.05, 4.69) is 0 Å². The zero-order valence-corrected chi connectivity index (χ0v) is 5.85. The molecule has 1 heterocycles. The molecule has 0 aromatic carbocycles. The molecule has 0 aliphatic carbocycles. The van der Waals surface area contributed by atoms with Crippen LogP contribution in [-0.4, -0.2) is 4.98 Å². The molecule has 0 fully saturated rings. The van der Waals surface area contributed by atoms with Crippen LogP contribution in [0.25, 0.3) is 0 Å².